The molecule has 0 bridgehead atoms. The number of hydrogen-bond acceptors (Lipinski definition) is 4. The SMILES string of the molecule is CCn1ccc(NC(=O)C2CN(C(=O)c3ccc4c(c3)c(C)c(C)n4C)CCN2C)n1. The third-order valence-electron chi connectivity index (χ3n) is 6.51. The molecule has 8 heteroatoms. The molecular formula is C23H30N6O2. The maximum absolute atomic E-state index is 13.3. The van der Waals surface area contributed by atoms with Crippen molar-refractivity contribution in [2.75, 3.05) is 32.0 Å². The van der Waals surface area contributed by atoms with Crippen molar-refractivity contribution >= 4 is 28.5 Å². The first kappa shape index (κ1) is 21.1. The quantitative estimate of drug-likeness (QED) is 0.701. The summed E-state index contributed by atoms with van der Waals surface area (Å²) >= 11 is 0. The van der Waals surface area contributed by atoms with Gasteiger partial charge in [-0.25, -0.2) is 0 Å². The first-order chi connectivity index (χ1) is 14.8. The molecule has 8 nitrogen and oxygen atoms in total. The van der Waals surface area contributed by atoms with Crippen LogP contribution in [-0.2, 0) is 18.4 Å². The average molecular weight is 423 g/mol. The highest BCUT2D eigenvalue weighted by Crippen LogP contribution is 2.26. The van der Waals surface area contributed by atoms with Crippen LogP contribution in [0.1, 0.15) is 28.5 Å². The van der Waals surface area contributed by atoms with Gasteiger partial charge in [0.05, 0.1) is 0 Å². The largest absolute Gasteiger partial charge is 0.348 e. The van der Waals surface area contributed by atoms with E-state index < -0.39 is 6.04 Å². The lowest BCUT2D eigenvalue weighted by Gasteiger charge is -2.38. The van der Waals surface area contributed by atoms with Gasteiger partial charge in [0, 0.05) is 67.7 Å². The number of benzene rings is 1. The molecule has 3 heterocycles. The summed E-state index contributed by atoms with van der Waals surface area (Å²) < 4.78 is 3.91. The Morgan fingerprint density at radius 1 is 1.16 bits per heavy atom. The Hall–Kier alpha value is -3.13. The molecule has 31 heavy (non-hydrogen) atoms. The first-order valence-electron chi connectivity index (χ1n) is 10.7. The number of nitrogens with zero attached hydrogens (tertiary/aromatic N) is 5. The molecule has 4 rings (SSSR count). The van der Waals surface area contributed by atoms with Crippen LogP contribution in [0.25, 0.3) is 10.9 Å². The predicted molar refractivity (Wildman–Crippen MR) is 121 cm³/mol. The molecule has 0 saturated carbocycles. The number of aromatic nitrogens is 3. The fourth-order valence-corrected chi connectivity index (χ4v) is 4.23. The number of hydrogen-bond donors (Lipinski definition) is 1. The van der Waals surface area contributed by atoms with Crippen molar-refractivity contribution in [3.63, 3.8) is 0 Å². The Balaban J connectivity index is 1.52. The Bertz CT molecular complexity index is 1140. The summed E-state index contributed by atoms with van der Waals surface area (Å²) in [5, 5.41) is 8.30. The molecule has 1 saturated heterocycles. The lowest BCUT2D eigenvalue weighted by molar-refractivity contribution is -0.122. The lowest BCUT2D eigenvalue weighted by atomic mass is 10.1. The third kappa shape index (κ3) is 3.83. The normalized spacial score (nSPS) is 17.3. The van der Waals surface area contributed by atoms with Crippen LogP contribution in [0, 0.1) is 13.8 Å². The number of carbonyl (C=O) groups is 2. The summed E-state index contributed by atoms with van der Waals surface area (Å²) in [5.74, 6) is 0.347. The summed E-state index contributed by atoms with van der Waals surface area (Å²) in [6.45, 7) is 8.48. The standard InChI is InChI=1S/C23H30N6O2/c1-6-29-10-9-21(25-29)24-22(30)20-14-28(12-11-26(20)4)23(31)17-7-8-19-18(13-17)15(2)16(3)27(19)5/h7-10,13,20H,6,11-12,14H2,1-5H3,(H,24,25,30). The smallest absolute Gasteiger partial charge is 0.253 e. The molecule has 2 aromatic heterocycles. The molecule has 0 aliphatic carbocycles. The Morgan fingerprint density at radius 2 is 1.94 bits per heavy atom. The molecule has 1 atom stereocenters. The van der Waals surface area contributed by atoms with E-state index in [0.717, 1.165) is 17.4 Å². The van der Waals surface area contributed by atoms with Crippen LogP contribution < -0.4 is 5.32 Å². The number of nitrogens with one attached hydrogen (secondary N) is 1. The van der Waals surface area contributed by atoms with E-state index in [-0.39, 0.29) is 11.8 Å². The summed E-state index contributed by atoms with van der Waals surface area (Å²) in [5.41, 5.74) is 4.16. The zero-order valence-corrected chi connectivity index (χ0v) is 18.8. The van der Waals surface area contributed by atoms with Crippen LogP contribution >= 0.6 is 0 Å². The lowest BCUT2D eigenvalue weighted by Crippen LogP contribution is -2.57. The molecule has 164 valence electrons. The van der Waals surface area contributed by atoms with Gasteiger partial charge in [-0.15, -0.1) is 0 Å². The maximum atomic E-state index is 13.3. The van der Waals surface area contributed by atoms with Crippen LogP contribution in [0.2, 0.25) is 0 Å². The van der Waals surface area contributed by atoms with E-state index in [1.54, 1.807) is 15.6 Å². The second kappa shape index (κ2) is 8.19. The molecule has 2 amide bonds. The van der Waals surface area contributed by atoms with Crippen LogP contribution in [0.15, 0.2) is 30.5 Å². The maximum Gasteiger partial charge on any atom is 0.253 e. The van der Waals surface area contributed by atoms with Crippen molar-refractivity contribution in [1.29, 1.82) is 0 Å². The number of carbonyl (C=O) groups excluding carboxylic acids is 2. The number of anilines is 1. The average Bonchev–Trinajstić information content (AvgIpc) is 3.31. The minimum absolute atomic E-state index is 0.0380. The molecule has 1 N–H and O–H groups in total. The molecule has 1 aliphatic heterocycles. The number of piperazine rings is 1. The number of likely N-dealkylation sites (N-methyl/N-ethyl adjacent to an activating group) is 1. The Morgan fingerprint density at radius 3 is 2.65 bits per heavy atom. The van der Waals surface area contributed by atoms with E-state index in [0.29, 0.717) is 31.0 Å². The van der Waals surface area contributed by atoms with E-state index >= 15 is 0 Å². The van der Waals surface area contributed by atoms with Crippen molar-refractivity contribution in [2.45, 2.75) is 33.4 Å². The van der Waals surface area contributed by atoms with Crippen molar-refractivity contribution in [1.82, 2.24) is 24.1 Å². The second-order valence-corrected chi connectivity index (χ2v) is 8.29. The van der Waals surface area contributed by atoms with Gasteiger partial charge in [0.2, 0.25) is 5.91 Å². The third-order valence-corrected chi connectivity index (χ3v) is 6.51. The zero-order valence-electron chi connectivity index (χ0n) is 18.8. The molecule has 3 aromatic rings. The molecular weight excluding hydrogens is 392 g/mol. The summed E-state index contributed by atoms with van der Waals surface area (Å²) in [6.07, 6.45) is 1.83. The summed E-state index contributed by atoms with van der Waals surface area (Å²) in [6, 6.07) is 7.23. The Kier molecular flexibility index (Phi) is 5.58. The van der Waals surface area contributed by atoms with Crippen LogP contribution in [0.5, 0.6) is 0 Å². The van der Waals surface area contributed by atoms with Crippen molar-refractivity contribution in [2.24, 2.45) is 7.05 Å². The first-order valence-corrected chi connectivity index (χ1v) is 10.7. The highest BCUT2D eigenvalue weighted by atomic mass is 16.2. The highest BCUT2D eigenvalue weighted by molar-refractivity contribution is 6.00. The summed E-state index contributed by atoms with van der Waals surface area (Å²) in [4.78, 5) is 29.9. The van der Waals surface area contributed by atoms with Crippen LogP contribution in [-0.4, -0.2) is 68.7 Å². The molecule has 0 spiro atoms. The van der Waals surface area contributed by atoms with Gasteiger partial charge in [-0.05, 0) is 51.6 Å². The molecule has 1 aromatic carbocycles. The molecule has 1 fully saturated rings. The number of rotatable bonds is 4. The monoisotopic (exact) mass is 422 g/mol. The minimum Gasteiger partial charge on any atom is -0.348 e. The van der Waals surface area contributed by atoms with E-state index in [2.05, 4.69) is 28.8 Å². The molecule has 1 aliphatic rings. The van der Waals surface area contributed by atoms with Gasteiger partial charge in [0.25, 0.3) is 5.91 Å². The minimum atomic E-state index is -0.422. The van der Waals surface area contributed by atoms with E-state index in [9.17, 15) is 9.59 Å². The topological polar surface area (TPSA) is 75.4 Å². The fourth-order valence-electron chi connectivity index (χ4n) is 4.23. The van der Waals surface area contributed by atoms with E-state index in [4.69, 9.17) is 0 Å². The van der Waals surface area contributed by atoms with Gasteiger partial charge in [0.15, 0.2) is 5.82 Å². The number of aryl methyl sites for hydroxylation is 3. The Labute approximate surface area is 182 Å². The number of fused-ring (bicyclic) bond motifs is 1. The van der Waals surface area contributed by atoms with Gasteiger partial charge in [0.1, 0.15) is 6.04 Å². The number of amides is 2. The highest BCUT2D eigenvalue weighted by Gasteiger charge is 2.33. The zero-order chi connectivity index (χ0) is 22.3. The van der Waals surface area contributed by atoms with Crippen molar-refractivity contribution in [3.05, 3.63) is 47.3 Å². The van der Waals surface area contributed by atoms with E-state index in [1.807, 2.05) is 50.3 Å². The van der Waals surface area contributed by atoms with Gasteiger partial charge in [-0.2, -0.15) is 5.10 Å². The van der Waals surface area contributed by atoms with Crippen LogP contribution in [0.4, 0.5) is 5.82 Å². The summed E-state index contributed by atoms with van der Waals surface area (Å²) in [7, 11) is 3.96. The van der Waals surface area contributed by atoms with Gasteiger partial charge in [-0.1, -0.05) is 0 Å². The van der Waals surface area contributed by atoms with Crippen molar-refractivity contribution in [3.8, 4) is 0 Å². The fraction of sp³-hybridized carbons (Fsp3) is 0.435. The van der Waals surface area contributed by atoms with Gasteiger partial charge < -0.3 is 14.8 Å². The molecule has 1 unspecified atom stereocenters. The molecule has 0 radical (unpaired) electrons. The van der Waals surface area contributed by atoms with Gasteiger partial charge in [-0.3, -0.25) is 19.2 Å². The van der Waals surface area contributed by atoms with Gasteiger partial charge >= 0.3 is 0 Å². The predicted octanol–water partition coefficient (Wildman–Crippen LogP) is 2.41. The van der Waals surface area contributed by atoms with E-state index in [1.165, 1.54) is 11.3 Å². The second-order valence-electron chi connectivity index (χ2n) is 8.29. The van der Waals surface area contributed by atoms with Crippen molar-refractivity contribution < 1.29 is 9.59 Å². The van der Waals surface area contributed by atoms with Crippen LogP contribution in [0.3, 0.4) is 0 Å².